The maximum Gasteiger partial charge on any atom is 0.276 e. The Bertz CT molecular complexity index is 339. The van der Waals surface area contributed by atoms with Crippen LogP contribution in [0.4, 0.5) is 26.3 Å². The first-order valence-electron chi connectivity index (χ1n) is 3.46. The third-order valence-corrected chi connectivity index (χ3v) is 1.55. The Labute approximate surface area is 75.2 Å². The van der Waals surface area contributed by atoms with Gasteiger partial charge in [-0.25, -0.2) is 26.3 Å². The van der Waals surface area contributed by atoms with Crippen LogP contribution in [-0.4, -0.2) is 0 Å². The minimum Gasteiger partial charge on any atom is -0.204 e. The normalized spacial score (nSPS) is 11.9. The molecule has 14 heavy (non-hydrogen) atoms. The van der Waals surface area contributed by atoms with Crippen molar-refractivity contribution in [3.05, 3.63) is 34.9 Å². The average molecular weight is 214 g/mol. The Morgan fingerprint density at radius 3 is 1.57 bits per heavy atom. The lowest BCUT2D eigenvalue weighted by Gasteiger charge is -2.13. The van der Waals surface area contributed by atoms with Crippen molar-refractivity contribution >= 4 is 0 Å². The molecule has 0 atom stereocenters. The Morgan fingerprint density at radius 2 is 1.29 bits per heavy atom. The second-order valence-electron chi connectivity index (χ2n) is 2.73. The van der Waals surface area contributed by atoms with Crippen molar-refractivity contribution in [2.24, 2.45) is 0 Å². The van der Waals surface area contributed by atoms with Crippen molar-refractivity contribution in [2.45, 2.75) is 12.8 Å². The van der Waals surface area contributed by atoms with Gasteiger partial charge in [0.2, 0.25) is 0 Å². The molecule has 1 aromatic rings. The molecule has 0 unspecified atom stereocenters. The predicted octanol–water partition coefficient (Wildman–Crippen LogP) is 3.35. The van der Waals surface area contributed by atoms with Crippen LogP contribution in [0, 0.1) is 23.3 Å². The van der Waals surface area contributed by atoms with E-state index in [-0.39, 0.29) is 13.0 Å². The smallest absolute Gasteiger partial charge is 0.204 e. The summed E-state index contributed by atoms with van der Waals surface area (Å²) in [7, 11) is 0. The summed E-state index contributed by atoms with van der Waals surface area (Å²) in [6.07, 6.45) is 0. The maximum atomic E-state index is 12.7. The number of halogens is 6. The summed E-state index contributed by atoms with van der Waals surface area (Å²) < 4.78 is 75.3. The van der Waals surface area contributed by atoms with Gasteiger partial charge in [-0.15, -0.1) is 0 Å². The first kappa shape index (κ1) is 10.9. The van der Waals surface area contributed by atoms with E-state index in [1.165, 1.54) is 0 Å². The summed E-state index contributed by atoms with van der Waals surface area (Å²) >= 11 is 0. The second-order valence-corrected chi connectivity index (χ2v) is 2.73. The number of hydrogen-bond donors (Lipinski definition) is 0. The lowest BCUT2D eigenvalue weighted by atomic mass is 10.1. The molecule has 0 aliphatic rings. The summed E-state index contributed by atoms with van der Waals surface area (Å²) in [5, 5.41) is 0. The van der Waals surface area contributed by atoms with Gasteiger partial charge in [0.25, 0.3) is 5.92 Å². The van der Waals surface area contributed by atoms with Gasteiger partial charge < -0.3 is 0 Å². The number of alkyl halides is 2. The summed E-state index contributed by atoms with van der Waals surface area (Å²) in [6.45, 7) is 0.146. The van der Waals surface area contributed by atoms with Crippen molar-refractivity contribution in [1.29, 1.82) is 0 Å². The van der Waals surface area contributed by atoms with Gasteiger partial charge in [-0.2, -0.15) is 0 Å². The molecule has 0 spiro atoms. The van der Waals surface area contributed by atoms with E-state index in [2.05, 4.69) is 0 Å². The van der Waals surface area contributed by atoms with Gasteiger partial charge in [-0.3, -0.25) is 0 Å². The van der Waals surface area contributed by atoms with Crippen LogP contribution in [0.25, 0.3) is 0 Å². The number of rotatable bonds is 1. The molecule has 0 aliphatic heterocycles. The van der Waals surface area contributed by atoms with Gasteiger partial charge in [0.05, 0.1) is 5.56 Å². The van der Waals surface area contributed by atoms with Crippen molar-refractivity contribution in [2.75, 3.05) is 0 Å². The summed E-state index contributed by atoms with van der Waals surface area (Å²) in [5.74, 6) is -11.8. The van der Waals surface area contributed by atoms with Gasteiger partial charge in [0, 0.05) is 13.0 Å². The zero-order valence-corrected chi connectivity index (χ0v) is 6.85. The molecule has 0 aliphatic carbocycles. The standard InChI is InChI=1S/C8H4F6/c1-8(13,14)5-6(11)3(9)2-4(10)7(5)12/h2H,1H3. The van der Waals surface area contributed by atoms with Crippen LogP contribution < -0.4 is 0 Å². The van der Waals surface area contributed by atoms with E-state index < -0.39 is 34.8 Å². The minimum atomic E-state index is -3.98. The molecule has 0 nitrogen and oxygen atoms in total. The molecule has 0 amide bonds. The van der Waals surface area contributed by atoms with Crippen LogP contribution in [-0.2, 0) is 5.92 Å². The molecule has 78 valence electrons. The first-order valence-corrected chi connectivity index (χ1v) is 3.46. The molecular formula is C8H4F6. The molecule has 0 heterocycles. The van der Waals surface area contributed by atoms with Gasteiger partial charge in [-0.1, -0.05) is 0 Å². The fraction of sp³-hybridized carbons (Fsp3) is 0.250. The molecule has 6 heteroatoms. The topological polar surface area (TPSA) is 0 Å². The van der Waals surface area contributed by atoms with Crippen molar-refractivity contribution in [3.8, 4) is 0 Å². The third kappa shape index (κ3) is 1.69. The Kier molecular flexibility index (Phi) is 2.47. The zero-order valence-electron chi connectivity index (χ0n) is 6.85. The van der Waals surface area contributed by atoms with Crippen LogP contribution >= 0.6 is 0 Å². The minimum absolute atomic E-state index is 0.125. The van der Waals surface area contributed by atoms with E-state index >= 15 is 0 Å². The van der Waals surface area contributed by atoms with Crippen molar-refractivity contribution in [3.63, 3.8) is 0 Å². The Balaban J connectivity index is 3.56. The molecule has 0 fully saturated rings. The lowest BCUT2D eigenvalue weighted by molar-refractivity contribution is 0.00827. The molecule has 0 saturated carbocycles. The van der Waals surface area contributed by atoms with Crippen LogP contribution in [0.1, 0.15) is 12.5 Å². The highest BCUT2D eigenvalue weighted by Gasteiger charge is 2.35. The highest BCUT2D eigenvalue weighted by Crippen LogP contribution is 2.33. The highest BCUT2D eigenvalue weighted by molar-refractivity contribution is 5.26. The fourth-order valence-corrected chi connectivity index (χ4v) is 0.959. The molecule has 0 radical (unpaired) electrons. The van der Waals surface area contributed by atoms with Gasteiger partial charge in [0.1, 0.15) is 0 Å². The molecule has 0 N–H and O–H groups in total. The monoisotopic (exact) mass is 214 g/mol. The summed E-state index contributed by atoms with van der Waals surface area (Å²) in [5.41, 5.74) is -1.89. The lowest BCUT2D eigenvalue weighted by Crippen LogP contribution is -2.15. The van der Waals surface area contributed by atoms with Gasteiger partial charge >= 0.3 is 0 Å². The summed E-state index contributed by atoms with van der Waals surface area (Å²) in [4.78, 5) is 0. The second kappa shape index (κ2) is 3.18. The van der Waals surface area contributed by atoms with Crippen LogP contribution in [0.3, 0.4) is 0 Å². The quantitative estimate of drug-likeness (QED) is 0.496. The van der Waals surface area contributed by atoms with E-state index in [4.69, 9.17) is 0 Å². The number of hydrogen-bond acceptors (Lipinski definition) is 0. The van der Waals surface area contributed by atoms with Crippen LogP contribution in [0.5, 0.6) is 0 Å². The molecule has 1 aromatic carbocycles. The summed E-state index contributed by atoms with van der Waals surface area (Å²) in [6, 6.07) is -0.125. The SMILES string of the molecule is CC(F)(F)c1c(F)c(F)cc(F)c1F. The Hall–Kier alpha value is -1.20. The van der Waals surface area contributed by atoms with Gasteiger partial charge in [-0.05, 0) is 0 Å². The van der Waals surface area contributed by atoms with E-state index in [9.17, 15) is 26.3 Å². The zero-order chi connectivity index (χ0) is 11.1. The largest absolute Gasteiger partial charge is 0.276 e. The fourth-order valence-electron chi connectivity index (χ4n) is 0.959. The van der Waals surface area contributed by atoms with E-state index in [1.54, 1.807) is 0 Å². The van der Waals surface area contributed by atoms with E-state index in [0.717, 1.165) is 0 Å². The molecule has 1 rings (SSSR count). The first-order chi connectivity index (χ1) is 6.25. The Morgan fingerprint density at radius 1 is 0.929 bits per heavy atom. The van der Waals surface area contributed by atoms with Crippen LogP contribution in [0.15, 0.2) is 6.07 Å². The molecule has 0 saturated heterocycles. The third-order valence-electron chi connectivity index (χ3n) is 1.55. The highest BCUT2D eigenvalue weighted by atomic mass is 19.3. The van der Waals surface area contributed by atoms with Crippen molar-refractivity contribution < 1.29 is 26.3 Å². The maximum absolute atomic E-state index is 12.7. The molecule has 0 bridgehead atoms. The number of benzene rings is 1. The van der Waals surface area contributed by atoms with Crippen LogP contribution in [0.2, 0.25) is 0 Å². The van der Waals surface area contributed by atoms with E-state index in [0.29, 0.717) is 0 Å². The van der Waals surface area contributed by atoms with E-state index in [1.807, 2.05) is 0 Å². The predicted molar refractivity (Wildman–Crippen MR) is 35.8 cm³/mol. The average Bonchev–Trinajstić information content (AvgIpc) is 1.98. The molecular weight excluding hydrogens is 210 g/mol. The molecule has 0 aromatic heterocycles. The van der Waals surface area contributed by atoms with Gasteiger partial charge in [0.15, 0.2) is 23.3 Å². The van der Waals surface area contributed by atoms with Crippen molar-refractivity contribution in [1.82, 2.24) is 0 Å².